The zero-order valence-corrected chi connectivity index (χ0v) is 9.30. The highest BCUT2D eigenvalue weighted by Gasteiger charge is 2.02. The summed E-state index contributed by atoms with van der Waals surface area (Å²) in [5.41, 5.74) is 3.50. The van der Waals surface area contributed by atoms with Gasteiger partial charge in [-0.25, -0.2) is 4.98 Å². The summed E-state index contributed by atoms with van der Waals surface area (Å²) in [6.45, 7) is 3.07. The zero-order chi connectivity index (χ0) is 10.7. The number of aryl methyl sites for hydroxylation is 1. The van der Waals surface area contributed by atoms with Gasteiger partial charge in [0.05, 0.1) is 11.0 Å². The lowest BCUT2D eigenvalue weighted by molar-refractivity contribution is 0.819. The Labute approximate surface area is 89.9 Å². The van der Waals surface area contributed by atoms with E-state index < -0.39 is 0 Å². The van der Waals surface area contributed by atoms with Crippen molar-refractivity contribution in [3.63, 3.8) is 0 Å². The molecule has 15 heavy (non-hydrogen) atoms. The Morgan fingerprint density at radius 2 is 2.27 bits per heavy atom. The van der Waals surface area contributed by atoms with E-state index in [1.165, 1.54) is 5.56 Å². The van der Waals surface area contributed by atoms with Crippen LogP contribution in [-0.2, 0) is 13.0 Å². The highest BCUT2D eigenvalue weighted by Crippen LogP contribution is 2.14. The van der Waals surface area contributed by atoms with Crippen LogP contribution in [0.15, 0.2) is 18.2 Å². The van der Waals surface area contributed by atoms with Gasteiger partial charge in [0, 0.05) is 13.0 Å². The molecule has 0 aliphatic rings. The molecule has 3 heteroatoms. The lowest BCUT2D eigenvalue weighted by Crippen LogP contribution is -2.04. The van der Waals surface area contributed by atoms with Gasteiger partial charge in [0.25, 0.3) is 0 Å². The molecule has 0 unspecified atom stereocenters. The van der Waals surface area contributed by atoms with Crippen molar-refractivity contribution in [2.75, 3.05) is 7.05 Å². The van der Waals surface area contributed by atoms with Crippen molar-refractivity contribution < 1.29 is 0 Å². The number of nitrogens with one attached hydrogen (secondary N) is 2. The standard InChI is InChI=1S/C12H17N3/c1-3-4-12-14-10-6-5-9(8-13-2)7-11(10)15-12/h5-7,13H,3-4,8H2,1-2H3,(H,14,15). The fourth-order valence-corrected chi connectivity index (χ4v) is 1.78. The van der Waals surface area contributed by atoms with Gasteiger partial charge < -0.3 is 10.3 Å². The Morgan fingerprint density at radius 1 is 1.40 bits per heavy atom. The maximum absolute atomic E-state index is 4.53. The maximum atomic E-state index is 4.53. The summed E-state index contributed by atoms with van der Waals surface area (Å²) in [5.74, 6) is 1.09. The lowest BCUT2D eigenvalue weighted by atomic mass is 10.2. The van der Waals surface area contributed by atoms with Crippen LogP contribution in [0.4, 0.5) is 0 Å². The number of H-pyrrole nitrogens is 1. The van der Waals surface area contributed by atoms with Crippen molar-refractivity contribution in [3.05, 3.63) is 29.6 Å². The van der Waals surface area contributed by atoms with E-state index in [0.717, 1.165) is 36.2 Å². The molecule has 0 saturated carbocycles. The van der Waals surface area contributed by atoms with E-state index in [9.17, 15) is 0 Å². The molecular weight excluding hydrogens is 186 g/mol. The number of rotatable bonds is 4. The molecule has 1 aromatic heterocycles. The van der Waals surface area contributed by atoms with Crippen LogP contribution in [0.3, 0.4) is 0 Å². The van der Waals surface area contributed by atoms with Crippen molar-refractivity contribution in [3.8, 4) is 0 Å². The van der Waals surface area contributed by atoms with Gasteiger partial charge in [0.1, 0.15) is 5.82 Å². The minimum absolute atomic E-state index is 0.901. The van der Waals surface area contributed by atoms with Crippen molar-refractivity contribution in [2.45, 2.75) is 26.3 Å². The predicted molar refractivity (Wildman–Crippen MR) is 62.9 cm³/mol. The minimum Gasteiger partial charge on any atom is -0.342 e. The highest BCUT2D eigenvalue weighted by molar-refractivity contribution is 5.75. The van der Waals surface area contributed by atoms with E-state index in [2.05, 4.69) is 40.4 Å². The second kappa shape index (κ2) is 4.45. The molecule has 0 amide bonds. The van der Waals surface area contributed by atoms with Crippen LogP contribution in [0.1, 0.15) is 24.7 Å². The summed E-state index contributed by atoms with van der Waals surface area (Å²) in [7, 11) is 1.96. The van der Waals surface area contributed by atoms with Gasteiger partial charge in [-0.15, -0.1) is 0 Å². The van der Waals surface area contributed by atoms with Crippen molar-refractivity contribution >= 4 is 11.0 Å². The number of aromatic nitrogens is 2. The van der Waals surface area contributed by atoms with E-state index in [1.54, 1.807) is 0 Å². The van der Waals surface area contributed by atoms with Gasteiger partial charge in [0.2, 0.25) is 0 Å². The molecule has 2 N–H and O–H groups in total. The minimum atomic E-state index is 0.901. The summed E-state index contributed by atoms with van der Waals surface area (Å²) < 4.78 is 0. The molecule has 1 heterocycles. The molecule has 2 aromatic rings. The topological polar surface area (TPSA) is 40.7 Å². The molecule has 0 atom stereocenters. The van der Waals surface area contributed by atoms with Crippen LogP contribution < -0.4 is 5.32 Å². The molecule has 2 rings (SSSR count). The van der Waals surface area contributed by atoms with Gasteiger partial charge >= 0.3 is 0 Å². The number of fused-ring (bicyclic) bond motifs is 1. The smallest absolute Gasteiger partial charge is 0.107 e. The molecule has 3 nitrogen and oxygen atoms in total. The Kier molecular flexibility index (Phi) is 3.02. The first-order chi connectivity index (χ1) is 7.33. The first-order valence-electron chi connectivity index (χ1n) is 5.45. The number of imidazole rings is 1. The third kappa shape index (κ3) is 2.18. The Hall–Kier alpha value is -1.35. The normalized spacial score (nSPS) is 11.1. The number of hydrogen-bond acceptors (Lipinski definition) is 2. The largest absolute Gasteiger partial charge is 0.342 e. The second-order valence-electron chi connectivity index (χ2n) is 3.82. The van der Waals surface area contributed by atoms with E-state index in [1.807, 2.05) is 7.05 Å². The lowest BCUT2D eigenvalue weighted by Gasteiger charge is -1.98. The molecule has 0 aliphatic heterocycles. The Morgan fingerprint density at radius 3 is 3.00 bits per heavy atom. The molecule has 80 valence electrons. The SMILES string of the molecule is CCCc1nc2ccc(CNC)cc2[nH]1. The fraction of sp³-hybridized carbons (Fsp3) is 0.417. The molecular formula is C12H17N3. The van der Waals surface area contributed by atoms with Crippen LogP contribution in [0.2, 0.25) is 0 Å². The first-order valence-corrected chi connectivity index (χ1v) is 5.45. The summed E-state index contributed by atoms with van der Waals surface area (Å²) in [6.07, 6.45) is 2.15. The first kappa shape index (κ1) is 10.2. The molecule has 1 aromatic carbocycles. The van der Waals surface area contributed by atoms with Gasteiger partial charge in [-0.3, -0.25) is 0 Å². The van der Waals surface area contributed by atoms with Crippen molar-refractivity contribution in [1.29, 1.82) is 0 Å². The van der Waals surface area contributed by atoms with Gasteiger partial charge in [-0.2, -0.15) is 0 Å². The quantitative estimate of drug-likeness (QED) is 0.800. The van der Waals surface area contributed by atoms with E-state index in [0.29, 0.717) is 0 Å². The molecule has 0 radical (unpaired) electrons. The Balaban J connectivity index is 2.34. The second-order valence-corrected chi connectivity index (χ2v) is 3.82. The maximum Gasteiger partial charge on any atom is 0.107 e. The molecule has 0 saturated heterocycles. The third-order valence-electron chi connectivity index (χ3n) is 2.46. The number of benzene rings is 1. The average Bonchev–Trinajstić information content (AvgIpc) is 2.60. The van der Waals surface area contributed by atoms with E-state index >= 15 is 0 Å². The predicted octanol–water partition coefficient (Wildman–Crippen LogP) is 2.23. The van der Waals surface area contributed by atoms with Crippen LogP contribution >= 0.6 is 0 Å². The van der Waals surface area contributed by atoms with Gasteiger partial charge in [-0.05, 0) is 31.2 Å². The van der Waals surface area contributed by atoms with Crippen LogP contribution in [0.5, 0.6) is 0 Å². The van der Waals surface area contributed by atoms with Crippen LogP contribution in [0.25, 0.3) is 11.0 Å². The molecule has 0 spiro atoms. The molecule has 0 fully saturated rings. The number of aromatic amines is 1. The summed E-state index contributed by atoms with van der Waals surface area (Å²) in [4.78, 5) is 7.88. The van der Waals surface area contributed by atoms with Gasteiger partial charge in [-0.1, -0.05) is 13.0 Å². The van der Waals surface area contributed by atoms with E-state index in [-0.39, 0.29) is 0 Å². The highest BCUT2D eigenvalue weighted by atomic mass is 14.9. The van der Waals surface area contributed by atoms with E-state index in [4.69, 9.17) is 0 Å². The molecule has 0 aliphatic carbocycles. The number of hydrogen-bond donors (Lipinski definition) is 2. The summed E-state index contributed by atoms with van der Waals surface area (Å²) >= 11 is 0. The van der Waals surface area contributed by atoms with Crippen molar-refractivity contribution in [2.24, 2.45) is 0 Å². The molecule has 0 bridgehead atoms. The van der Waals surface area contributed by atoms with Crippen LogP contribution in [-0.4, -0.2) is 17.0 Å². The van der Waals surface area contributed by atoms with Crippen molar-refractivity contribution in [1.82, 2.24) is 15.3 Å². The van der Waals surface area contributed by atoms with Gasteiger partial charge in [0.15, 0.2) is 0 Å². The summed E-state index contributed by atoms with van der Waals surface area (Å²) in [5, 5.41) is 3.15. The average molecular weight is 203 g/mol. The number of nitrogens with zero attached hydrogens (tertiary/aromatic N) is 1. The Bertz CT molecular complexity index is 441. The third-order valence-corrected chi connectivity index (χ3v) is 2.46. The zero-order valence-electron chi connectivity index (χ0n) is 9.30. The monoisotopic (exact) mass is 203 g/mol. The fourth-order valence-electron chi connectivity index (χ4n) is 1.78. The van der Waals surface area contributed by atoms with Crippen LogP contribution in [0, 0.1) is 0 Å². The summed E-state index contributed by atoms with van der Waals surface area (Å²) in [6, 6.07) is 6.37.